The Hall–Kier alpha value is -9.91. The maximum Gasteiger partial charge on any atom is 0.251 e. The molecule has 31 nitrogen and oxygen atoms in total. The molecule has 123 heavy (non-hydrogen) atoms. The molecular weight excluding hydrogens is 1570 g/mol. The van der Waals surface area contributed by atoms with Crippen molar-refractivity contribution < 1.29 is 66.5 Å². The van der Waals surface area contributed by atoms with Crippen LogP contribution in [0.2, 0.25) is 0 Å². The molecule has 12 fully saturated rings. The molecule has 12 aliphatic rings. The van der Waals surface area contributed by atoms with Crippen LogP contribution in [-0.2, 0) is 63.6 Å². The van der Waals surface area contributed by atoms with Crippen LogP contribution in [0.5, 0.6) is 11.5 Å². The maximum absolute atomic E-state index is 12.7. The molecule has 4 aromatic carbocycles. The third-order valence-electron chi connectivity index (χ3n) is 27.2. The largest absolute Gasteiger partial charge is 0.497 e. The van der Waals surface area contributed by atoms with Crippen LogP contribution in [0.3, 0.4) is 0 Å². The number of aryl methyl sites for hydroxylation is 1. The van der Waals surface area contributed by atoms with Crippen LogP contribution < -0.4 is 30.7 Å². The van der Waals surface area contributed by atoms with E-state index in [1.54, 1.807) is 80.9 Å². The van der Waals surface area contributed by atoms with Crippen LogP contribution in [-0.4, -0.2) is 224 Å². The number of aromatic nitrogens is 12. The lowest BCUT2D eigenvalue weighted by Crippen LogP contribution is -2.44. The molecule has 654 valence electrons. The van der Waals surface area contributed by atoms with Crippen molar-refractivity contribution in [1.82, 2.24) is 81.2 Å². The Morgan fingerprint density at radius 1 is 0.366 bits per heavy atom. The third kappa shape index (κ3) is 20.6. The number of hydrogen-bond acceptors (Lipinski definition) is 23. The predicted molar refractivity (Wildman–Crippen MR) is 449 cm³/mol. The summed E-state index contributed by atoms with van der Waals surface area (Å²) in [7, 11) is 3.19. The molecule has 16 atom stereocenters. The van der Waals surface area contributed by atoms with Gasteiger partial charge in [-0.25, -0.2) is 18.7 Å². The topological polar surface area (TPSA) is 355 Å². The summed E-state index contributed by atoms with van der Waals surface area (Å²) in [6.45, 7) is 5.68. The molecule has 8 aliphatic heterocycles. The number of fused-ring (bicyclic) bond motifs is 4. The monoisotopic (exact) mass is 1680 g/mol. The Bertz CT molecular complexity index is 4850. The highest BCUT2D eigenvalue weighted by Crippen LogP contribution is 2.41. The first kappa shape index (κ1) is 85.3. The highest BCUT2D eigenvalue weighted by Gasteiger charge is 2.54. The minimum Gasteiger partial charge on any atom is -0.497 e. The van der Waals surface area contributed by atoms with Crippen LogP contribution >= 0.6 is 0 Å². The second kappa shape index (κ2) is 40.4. The Labute approximate surface area is 717 Å². The zero-order valence-corrected chi connectivity index (χ0v) is 70.8. The van der Waals surface area contributed by atoms with E-state index in [9.17, 15) is 19.2 Å². The van der Waals surface area contributed by atoms with Gasteiger partial charge in [-0.05, 0) is 135 Å². The molecule has 31 heteroatoms. The summed E-state index contributed by atoms with van der Waals surface area (Å²) < 4.78 is 66.3. The molecular formula is C92H117N17O14. The number of methoxy groups -OCH3 is 2. The molecule has 8 aromatic rings. The van der Waals surface area contributed by atoms with Crippen molar-refractivity contribution in [2.45, 2.75) is 258 Å². The summed E-state index contributed by atoms with van der Waals surface area (Å²) in [5, 5.41) is 56.3. The van der Waals surface area contributed by atoms with Gasteiger partial charge < -0.3 is 68.6 Å². The molecule has 4 saturated carbocycles. The maximum atomic E-state index is 12.7. The average molecular weight is 1690 g/mol. The van der Waals surface area contributed by atoms with E-state index in [4.69, 9.17) is 52.6 Å². The summed E-state index contributed by atoms with van der Waals surface area (Å²) in [6.07, 6.45) is 37.4. The van der Waals surface area contributed by atoms with Gasteiger partial charge in [-0.3, -0.25) is 19.2 Å². The standard InChI is InChI=1S/C23H27N5O3.2C23H30N4O4.C23H30N4O3/c24-11-16-6-8-17(9-7-16)23(29)25-19-13-30-22-20(14-31-21(19)22)28-12-18(26-27-28)10-15-4-2-1-3-5-15;1-29-18-9-5-8-16(11-18)23(28)24-19-13-30-22-20(14-31-21(19)22)27-12-17(25-26-27)10-15-6-3-2-4-7-15;1-29-18-9-7-16(8-10-18)23(28)24-19-13-30-22-20(14-31-21(19)22)27-12-17(25-26-27)11-15-5-3-2-4-6-15;1-15-7-5-6-10-18(15)23(28)24-19-13-29-22-20(14-30-21(19)22)27-12-17(25-26-27)11-16-8-3-2-4-9-16/h6-9,12,15,19-22H,1-5,10,13-14H2,(H,25,29);5,8-9,11-12,15,19-22H,2-4,6-7,10,13-14H2,1H3,(H,24,28);7-10,12,15,19-22H,2-6,11,13-14H2,1H3,(H,24,28);5-7,10,12,16,19-22H,2-4,8-9,11,13-14H2,1H3,(H,24,28)/t4*19-,20-,21+,22+/m0000/s1. The lowest BCUT2D eigenvalue weighted by atomic mass is 9.86. The summed E-state index contributed by atoms with van der Waals surface area (Å²) in [5.41, 5.74) is 8.05. The van der Waals surface area contributed by atoms with Crippen LogP contribution in [0.4, 0.5) is 0 Å². The average Bonchev–Trinajstić information content (AvgIpc) is 1.64. The SMILES string of the molecule is COc1ccc(C(=O)N[C@H]2CO[C@H]3[C@@H]2OC[C@@H]3n2cc(CC3CCCCC3)nn2)cc1.COc1cccc(C(=O)N[C@H]2CO[C@H]3[C@@H]2OC[C@@H]3n2cc(CC3CCCCC3)nn2)c1.Cc1ccccc1C(=O)N[C@H]1CO[C@H]2[C@@H]1OC[C@@H]2n1cc(CC2CCCCC2)nn1.N#Cc1ccc(C(=O)N[C@H]2CO[C@H]3[C@@H]2OC[C@@H]3n2cc(CC3CCCCC3)nn2)cc1. The number of carbonyl (C=O) groups excluding carboxylic acids is 4. The quantitative estimate of drug-likeness (QED) is 0.0490. The Balaban J connectivity index is 0.000000116. The Morgan fingerprint density at radius 3 is 1.02 bits per heavy atom. The Morgan fingerprint density at radius 2 is 0.683 bits per heavy atom. The van der Waals surface area contributed by atoms with Gasteiger partial charge in [0, 0.05) is 47.0 Å². The van der Waals surface area contributed by atoms with Crippen molar-refractivity contribution in [3.8, 4) is 17.6 Å². The lowest BCUT2D eigenvalue weighted by Gasteiger charge is -2.20. The van der Waals surface area contributed by atoms with Gasteiger partial charge in [-0.15, -0.1) is 20.4 Å². The molecule has 0 bridgehead atoms. The highest BCUT2D eigenvalue weighted by atomic mass is 16.6. The number of nitrogens with one attached hydrogen (secondary N) is 4. The fourth-order valence-corrected chi connectivity index (χ4v) is 20.4. The van der Waals surface area contributed by atoms with Crippen molar-refractivity contribution in [1.29, 1.82) is 5.26 Å². The first-order chi connectivity index (χ1) is 60.3. The molecule has 4 amide bonds. The van der Waals surface area contributed by atoms with Crippen LogP contribution in [0, 0.1) is 41.9 Å². The van der Waals surface area contributed by atoms with E-state index < -0.39 is 0 Å². The molecule has 4 aliphatic carbocycles. The summed E-state index contributed by atoms with van der Waals surface area (Å²) in [4.78, 5) is 50.6. The zero-order chi connectivity index (χ0) is 84.1. The first-order valence-electron chi connectivity index (χ1n) is 44.9. The van der Waals surface area contributed by atoms with E-state index in [2.05, 4.69) is 87.2 Å². The number of rotatable bonds is 22. The first-order valence-corrected chi connectivity index (χ1v) is 44.9. The van der Waals surface area contributed by atoms with Crippen molar-refractivity contribution in [2.24, 2.45) is 23.7 Å². The summed E-state index contributed by atoms with van der Waals surface area (Å²) in [6, 6.07) is 29.6. The van der Waals surface area contributed by atoms with E-state index in [-0.39, 0.29) is 121 Å². The number of ether oxygens (including phenoxy) is 10. The zero-order valence-electron chi connectivity index (χ0n) is 70.8. The second-order valence-electron chi connectivity index (χ2n) is 35.5. The van der Waals surface area contributed by atoms with Gasteiger partial charge in [0.15, 0.2) is 0 Å². The predicted octanol–water partition coefficient (Wildman–Crippen LogP) is 10.4. The van der Waals surface area contributed by atoms with E-state index in [0.29, 0.717) is 86.4 Å². The van der Waals surface area contributed by atoms with Crippen molar-refractivity contribution >= 4 is 23.6 Å². The number of nitrogens with zero attached hydrogens (tertiary/aromatic N) is 13. The van der Waals surface area contributed by atoms with Crippen LogP contribution in [0.15, 0.2) is 122 Å². The van der Waals surface area contributed by atoms with Crippen molar-refractivity contribution in [2.75, 3.05) is 67.1 Å². The lowest BCUT2D eigenvalue weighted by molar-refractivity contribution is 0.0613. The van der Waals surface area contributed by atoms with Crippen molar-refractivity contribution in [3.05, 3.63) is 178 Å². The van der Waals surface area contributed by atoms with Gasteiger partial charge in [-0.2, -0.15) is 5.26 Å². The molecule has 0 unspecified atom stereocenters. The van der Waals surface area contributed by atoms with Crippen molar-refractivity contribution in [3.63, 3.8) is 0 Å². The third-order valence-corrected chi connectivity index (χ3v) is 27.2. The molecule has 12 heterocycles. The van der Waals surface area contributed by atoms with E-state index in [1.165, 1.54) is 128 Å². The molecule has 0 radical (unpaired) electrons. The van der Waals surface area contributed by atoms with Crippen LogP contribution in [0.1, 0.15) is 228 Å². The van der Waals surface area contributed by atoms with E-state index in [1.807, 2.05) is 62.2 Å². The molecule has 0 spiro atoms. The molecule has 20 rings (SSSR count). The summed E-state index contributed by atoms with van der Waals surface area (Å²) in [5.74, 6) is 3.72. The minimum absolute atomic E-state index is 0.00275. The van der Waals surface area contributed by atoms with Gasteiger partial charge in [0.2, 0.25) is 0 Å². The van der Waals surface area contributed by atoms with Gasteiger partial charge in [0.05, 0.1) is 126 Å². The smallest absolute Gasteiger partial charge is 0.251 e. The van der Waals surface area contributed by atoms with E-state index in [0.717, 1.165) is 83.4 Å². The van der Waals surface area contributed by atoms with E-state index >= 15 is 0 Å². The van der Waals surface area contributed by atoms with Crippen LogP contribution in [0.25, 0.3) is 0 Å². The van der Waals surface area contributed by atoms with Gasteiger partial charge in [-0.1, -0.05) is 174 Å². The number of nitriles is 1. The number of amides is 4. The highest BCUT2D eigenvalue weighted by molar-refractivity contribution is 5.97. The summed E-state index contributed by atoms with van der Waals surface area (Å²) >= 11 is 0. The number of benzene rings is 4. The fourth-order valence-electron chi connectivity index (χ4n) is 20.4. The molecule has 4 N–H and O–H groups in total. The number of carbonyl (C=O) groups is 4. The fraction of sp³-hybridized carbons (Fsp3) is 0.598. The second-order valence-corrected chi connectivity index (χ2v) is 35.5. The van der Waals surface area contributed by atoms with Gasteiger partial charge >= 0.3 is 0 Å². The van der Waals surface area contributed by atoms with Gasteiger partial charge in [0.1, 0.15) is 84.5 Å². The molecule has 8 saturated heterocycles. The van der Waals surface area contributed by atoms with Gasteiger partial charge in [0.25, 0.3) is 23.6 Å². The number of hydrogen-bond donors (Lipinski definition) is 4. The minimum atomic E-state index is -0.219. The molecule has 4 aromatic heterocycles. The normalized spacial score (nSPS) is 28.5. The Kier molecular flexibility index (Phi) is 28.0.